The second-order valence-corrected chi connectivity index (χ2v) is 3.87. The minimum Gasteiger partial charge on any atom is -0.319 e. The minimum absolute atomic E-state index is 0.372. The van der Waals surface area contributed by atoms with E-state index in [1.165, 1.54) is 25.0 Å². The van der Waals surface area contributed by atoms with E-state index in [1.54, 1.807) is 0 Å². The smallest absolute Gasteiger partial charge is 0.0504 e. The fourth-order valence-electron chi connectivity index (χ4n) is 0.705. The van der Waals surface area contributed by atoms with E-state index in [2.05, 4.69) is 13.8 Å². The lowest BCUT2D eigenvalue weighted by atomic mass is 10.3. The van der Waals surface area contributed by atoms with Crippen LogP contribution in [0.4, 0.5) is 0 Å². The summed E-state index contributed by atoms with van der Waals surface area (Å²) in [6.07, 6.45) is 5.08. The molecule has 0 aromatic carbocycles. The lowest BCUT2D eigenvalue weighted by Crippen LogP contribution is -2.13. The van der Waals surface area contributed by atoms with E-state index in [0.29, 0.717) is 5.37 Å². The van der Waals surface area contributed by atoms with Crippen molar-refractivity contribution in [3.63, 3.8) is 0 Å². The molecule has 0 amide bonds. The quantitative estimate of drug-likeness (QED) is 0.478. The van der Waals surface area contributed by atoms with Gasteiger partial charge in [0.25, 0.3) is 0 Å². The molecule has 0 fully saturated rings. The molecule has 1 nitrogen and oxygen atoms in total. The lowest BCUT2D eigenvalue weighted by Gasteiger charge is -2.06. The van der Waals surface area contributed by atoms with E-state index in [1.807, 2.05) is 11.8 Å². The van der Waals surface area contributed by atoms with Crippen LogP contribution in [0, 0.1) is 0 Å². The number of rotatable bonds is 6. The fourth-order valence-corrected chi connectivity index (χ4v) is 1.61. The van der Waals surface area contributed by atoms with Crippen LogP contribution >= 0.6 is 11.8 Å². The van der Waals surface area contributed by atoms with Gasteiger partial charge in [0.15, 0.2) is 0 Å². The van der Waals surface area contributed by atoms with Gasteiger partial charge in [-0.15, -0.1) is 11.8 Å². The zero-order chi connectivity index (χ0) is 7.82. The fraction of sp³-hybridized carbons (Fsp3) is 1.00. The number of hydrogen-bond acceptors (Lipinski definition) is 2. The van der Waals surface area contributed by atoms with Crippen LogP contribution in [0.15, 0.2) is 0 Å². The number of thioether (sulfide) groups is 1. The standard InChI is InChI=1S/C8H19NS/c1-3-5-6-7-10-8(9)4-2/h8H,3-7,9H2,1-2H3. The molecule has 0 spiro atoms. The monoisotopic (exact) mass is 161 g/mol. The third kappa shape index (κ3) is 6.43. The maximum atomic E-state index is 5.72. The summed E-state index contributed by atoms with van der Waals surface area (Å²) in [6.45, 7) is 4.36. The minimum atomic E-state index is 0.372. The van der Waals surface area contributed by atoms with E-state index in [0.717, 1.165) is 6.42 Å². The van der Waals surface area contributed by atoms with Crippen LogP contribution in [0.1, 0.15) is 39.5 Å². The Morgan fingerprint density at radius 1 is 1.30 bits per heavy atom. The molecule has 0 aromatic heterocycles. The number of nitrogens with two attached hydrogens (primary N) is 1. The van der Waals surface area contributed by atoms with Gasteiger partial charge in [-0.3, -0.25) is 0 Å². The Labute approximate surface area is 68.8 Å². The molecule has 0 saturated carbocycles. The predicted octanol–water partition coefficient (Wildman–Crippen LogP) is 2.60. The molecular weight excluding hydrogens is 142 g/mol. The number of unbranched alkanes of at least 4 members (excludes halogenated alkanes) is 2. The van der Waals surface area contributed by atoms with E-state index in [-0.39, 0.29) is 0 Å². The van der Waals surface area contributed by atoms with E-state index in [9.17, 15) is 0 Å². The molecule has 0 aromatic rings. The van der Waals surface area contributed by atoms with E-state index >= 15 is 0 Å². The SMILES string of the molecule is CCCCCSC(N)CC. The highest BCUT2D eigenvalue weighted by Gasteiger charge is 1.96. The summed E-state index contributed by atoms with van der Waals surface area (Å²) in [5.41, 5.74) is 5.72. The molecule has 2 heteroatoms. The van der Waals surface area contributed by atoms with Crippen molar-refractivity contribution in [3.8, 4) is 0 Å². The van der Waals surface area contributed by atoms with Crippen molar-refractivity contribution in [2.24, 2.45) is 5.73 Å². The Balaban J connectivity index is 2.89. The molecule has 0 rings (SSSR count). The van der Waals surface area contributed by atoms with Crippen LogP contribution in [0.5, 0.6) is 0 Å². The summed E-state index contributed by atoms with van der Waals surface area (Å²) in [5.74, 6) is 1.24. The first-order valence-corrected chi connectivity index (χ1v) is 5.23. The first kappa shape index (κ1) is 10.3. The lowest BCUT2D eigenvalue weighted by molar-refractivity contribution is 0.774. The summed E-state index contributed by atoms with van der Waals surface area (Å²) in [6, 6.07) is 0. The van der Waals surface area contributed by atoms with Crippen molar-refractivity contribution in [2.45, 2.75) is 44.9 Å². The van der Waals surface area contributed by atoms with Crippen LogP contribution in [-0.4, -0.2) is 11.1 Å². The van der Waals surface area contributed by atoms with Crippen LogP contribution < -0.4 is 5.73 Å². The van der Waals surface area contributed by atoms with Gasteiger partial charge in [0.1, 0.15) is 0 Å². The molecular formula is C8H19NS. The zero-order valence-electron chi connectivity index (χ0n) is 7.10. The highest BCUT2D eigenvalue weighted by Crippen LogP contribution is 2.11. The van der Waals surface area contributed by atoms with Crippen molar-refractivity contribution in [3.05, 3.63) is 0 Å². The van der Waals surface area contributed by atoms with Gasteiger partial charge in [0.2, 0.25) is 0 Å². The van der Waals surface area contributed by atoms with Crippen molar-refractivity contribution in [1.29, 1.82) is 0 Å². The Kier molecular flexibility index (Phi) is 7.65. The van der Waals surface area contributed by atoms with Crippen LogP contribution in [0.2, 0.25) is 0 Å². The van der Waals surface area contributed by atoms with Gasteiger partial charge in [0.05, 0.1) is 5.37 Å². The van der Waals surface area contributed by atoms with Gasteiger partial charge in [-0.2, -0.15) is 0 Å². The molecule has 0 saturated heterocycles. The van der Waals surface area contributed by atoms with Gasteiger partial charge in [-0.1, -0.05) is 26.7 Å². The summed E-state index contributed by atoms with van der Waals surface area (Å²) in [7, 11) is 0. The van der Waals surface area contributed by atoms with Crippen molar-refractivity contribution >= 4 is 11.8 Å². The molecule has 1 unspecified atom stereocenters. The first-order chi connectivity index (χ1) is 4.81. The summed E-state index contributed by atoms with van der Waals surface area (Å²) in [5, 5.41) is 0.372. The van der Waals surface area contributed by atoms with Crippen molar-refractivity contribution < 1.29 is 0 Å². The Morgan fingerprint density at radius 2 is 2.00 bits per heavy atom. The van der Waals surface area contributed by atoms with Crippen molar-refractivity contribution in [2.75, 3.05) is 5.75 Å². The number of hydrogen-bond donors (Lipinski definition) is 1. The highest BCUT2D eigenvalue weighted by atomic mass is 32.2. The molecule has 0 radical (unpaired) electrons. The van der Waals surface area contributed by atoms with Crippen LogP contribution in [-0.2, 0) is 0 Å². The highest BCUT2D eigenvalue weighted by molar-refractivity contribution is 7.99. The molecule has 0 aliphatic carbocycles. The van der Waals surface area contributed by atoms with Gasteiger partial charge >= 0.3 is 0 Å². The molecule has 2 N–H and O–H groups in total. The van der Waals surface area contributed by atoms with Crippen LogP contribution in [0.25, 0.3) is 0 Å². The predicted molar refractivity (Wildman–Crippen MR) is 50.2 cm³/mol. The van der Waals surface area contributed by atoms with Gasteiger partial charge in [-0.05, 0) is 18.6 Å². The third-order valence-electron chi connectivity index (χ3n) is 1.48. The van der Waals surface area contributed by atoms with E-state index in [4.69, 9.17) is 5.73 Å². The molecule has 0 aliphatic rings. The average molecular weight is 161 g/mol. The summed E-state index contributed by atoms with van der Waals surface area (Å²) >= 11 is 1.89. The average Bonchev–Trinajstić information content (AvgIpc) is 1.98. The summed E-state index contributed by atoms with van der Waals surface area (Å²) in [4.78, 5) is 0. The summed E-state index contributed by atoms with van der Waals surface area (Å²) < 4.78 is 0. The normalized spacial score (nSPS) is 13.5. The Morgan fingerprint density at radius 3 is 2.50 bits per heavy atom. The van der Waals surface area contributed by atoms with Gasteiger partial charge in [-0.25, -0.2) is 0 Å². The topological polar surface area (TPSA) is 26.0 Å². The first-order valence-electron chi connectivity index (χ1n) is 4.18. The second kappa shape index (κ2) is 7.42. The third-order valence-corrected chi connectivity index (χ3v) is 2.77. The van der Waals surface area contributed by atoms with Crippen molar-refractivity contribution in [1.82, 2.24) is 0 Å². The largest absolute Gasteiger partial charge is 0.319 e. The molecule has 0 heterocycles. The maximum absolute atomic E-state index is 5.72. The van der Waals surface area contributed by atoms with E-state index < -0.39 is 0 Å². The molecule has 0 bridgehead atoms. The van der Waals surface area contributed by atoms with Gasteiger partial charge < -0.3 is 5.73 Å². The maximum Gasteiger partial charge on any atom is 0.0504 e. The Bertz CT molecular complexity index is 66.3. The Hall–Kier alpha value is 0.310. The molecule has 10 heavy (non-hydrogen) atoms. The molecule has 0 aliphatic heterocycles. The molecule has 62 valence electrons. The zero-order valence-corrected chi connectivity index (χ0v) is 7.91. The van der Waals surface area contributed by atoms with Gasteiger partial charge in [0, 0.05) is 0 Å². The second-order valence-electron chi connectivity index (χ2n) is 2.52. The van der Waals surface area contributed by atoms with Crippen LogP contribution in [0.3, 0.4) is 0 Å². The molecule has 1 atom stereocenters.